The van der Waals surface area contributed by atoms with Gasteiger partial charge in [0.15, 0.2) is 0 Å². The maximum atomic E-state index is 12.7. The van der Waals surface area contributed by atoms with E-state index in [0.717, 1.165) is 25.7 Å². The van der Waals surface area contributed by atoms with Crippen molar-refractivity contribution in [1.29, 1.82) is 0 Å². The molecule has 1 amide bonds. The Bertz CT molecular complexity index is 489. The third-order valence-electron chi connectivity index (χ3n) is 4.43. The second-order valence-corrected chi connectivity index (χ2v) is 8.04. The number of piperazine rings is 1. The molecule has 10 heteroatoms. The highest BCUT2D eigenvalue weighted by molar-refractivity contribution is 7.86. The maximum absolute atomic E-state index is 12.7. The van der Waals surface area contributed by atoms with E-state index in [-0.39, 0.29) is 24.9 Å². The predicted molar refractivity (Wildman–Crippen MR) is 94.2 cm³/mol. The highest BCUT2D eigenvalue weighted by atomic mass is 35.5. The van der Waals surface area contributed by atoms with Crippen LogP contribution in [-0.2, 0) is 19.7 Å². The van der Waals surface area contributed by atoms with Crippen LogP contribution in [-0.4, -0.2) is 86.9 Å². The summed E-state index contributed by atoms with van der Waals surface area (Å²) in [6, 6.07) is -0.686. The summed E-state index contributed by atoms with van der Waals surface area (Å²) >= 11 is 0. The molecule has 142 valence electrons. The van der Waals surface area contributed by atoms with Crippen molar-refractivity contribution >= 4 is 28.5 Å². The maximum Gasteiger partial charge on any atom is 0.282 e. The molecule has 24 heavy (non-hydrogen) atoms. The number of rotatable bonds is 5. The summed E-state index contributed by atoms with van der Waals surface area (Å²) in [5.74, 6) is -0.182. The number of hydrogen-bond acceptors (Lipinski definition) is 5. The highest BCUT2D eigenvalue weighted by Crippen LogP contribution is 2.18. The zero-order valence-corrected chi connectivity index (χ0v) is 15.9. The number of ether oxygens (including phenoxy) is 1. The minimum Gasteiger partial charge on any atom is -0.383 e. The van der Waals surface area contributed by atoms with Crippen LogP contribution < -0.4 is 5.73 Å². The normalized spacial score (nSPS) is 22.5. The second-order valence-electron chi connectivity index (χ2n) is 6.11. The van der Waals surface area contributed by atoms with Crippen LogP contribution in [0.15, 0.2) is 0 Å². The summed E-state index contributed by atoms with van der Waals surface area (Å²) in [6.45, 7) is 2.77. The number of nitrogens with two attached hydrogens (primary N) is 1. The summed E-state index contributed by atoms with van der Waals surface area (Å²) in [5, 5.41) is 0. The van der Waals surface area contributed by atoms with Gasteiger partial charge in [-0.1, -0.05) is 12.8 Å². The molecular weight excluding hydrogens is 356 g/mol. The molecule has 0 aromatic rings. The Morgan fingerprint density at radius 2 is 1.50 bits per heavy atom. The third kappa shape index (κ3) is 5.27. The Morgan fingerprint density at radius 3 is 2.00 bits per heavy atom. The lowest BCUT2D eigenvalue weighted by atomic mass is 10.2. The first-order chi connectivity index (χ1) is 11.0. The van der Waals surface area contributed by atoms with Gasteiger partial charge in [0.2, 0.25) is 5.91 Å². The molecule has 2 aliphatic rings. The van der Waals surface area contributed by atoms with Gasteiger partial charge in [0.1, 0.15) is 6.04 Å². The van der Waals surface area contributed by atoms with Crippen molar-refractivity contribution in [1.82, 2.24) is 13.5 Å². The number of hydrogen-bond donors (Lipinski definition) is 1. The molecule has 0 radical (unpaired) electrons. The van der Waals surface area contributed by atoms with Crippen molar-refractivity contribution in [3.63, 3.8) is 0 Å². The van der Waals surface area contributed by atoms with E-state index in [1.165, 1.54) is 11.4 Å². The van der Waals surface area contributed by atoms with Gasteiger partial charge in [-0.15, -0.1) is 12.4 Å². The Balaban J connectivity index is 0.00000288. The van der Waals surface area contributed by atoms with Crippen molar-refractivity contribution in [2.45, 2.75) is 31.7 Å². The number of carbonyl (C=O) groups excluding carboxylic acids is 1. The largest absolute Gasteiger partial charge is 0.383 e. The molecule has 0 spiro atoms. The number of carbonyl (C=O) groups is 1. The van der Waals surface area contributed by atoms with Gasteiger partial charge in [-0.3, -0.25) is 4.79 Å². The van der Waals surface area contributed by atoms with Crippen LogP contribution in [0.4, 0.5) is 0 Å². The first kappa shape index (κ1) is 21.6. The molecule has 0 aliphatic carbocycles. The standard InChI is InChI=1S/C14H28N4O4S.ClH/c1-22-12-13(15)14(19)16-8-10-18(11-9-16)23(20,21)17-6-4-2-3-5-7-17;/h13H,2-12,15H2,1H3;1H. The van der Waals surface area contributed by atoms with E-state index in [4.69, 9.17) is 10.5 Å². The first-order valence-corrected chi connectivity index (χ1v) is 9.65. The van der Waals surface area contributed by atoms with E-state index in [9.17, 15) is 13.2 Å². The van der Waals surface area contributed by atoms with Crippen LogP contribution in [0.2, 0.25) is 0 Å². The molecule has 2 aliphatic heterocycles. The highest BCUT2D eigenvalue weighted by Gasteiger charge is 2.34. The van der Waals surface area contributed by atoms with Crippen molar-refractivity contribution in [2.75, 3.05) is 53.0 Å². The van der Waals surface area contributed by atoms with Crippen LogP contribution in [0.5, 0.6) is 0 Å². The molecule has 0 aromatic heterocycles. The van der Waals surface area contributed by atoms with Gasteiger partial charge in [-0.05, 0) is 12.8 Å². The topological polar surface area (TPSA) is 96.2 Å². The van der Waals surface area contributed by atoms with Crippen molar-refractivity contribution < 1.29 is 17.9 Å². The fraction of sp³-hybridized carbons (Fsp3) is 0.929. The fourth-order valence-electron chi connectivity index (χ4n) is 3.06. The van der Waals surface area contributed by atoms with Crippen LogP contribution in [0, 0.1) is 0 Å². The average molecular weight is 385 g/mol. The quantitative estimate of drug-likeness (QED) is 0.698. The SMILES string of the molecule is COCC(N)C(=O)N1CCN(S(=O)(=O)N2CCCCCC2)CC1.Cl. The smallest absolute Gasteiger partial charge is 0.282 e. The van der Waals surface area contributed by atoms with E-state index in [1.54, 1.807) is 9.21 Å². The second kappa shape index (κ2) is 9.88. The Morgan fingerprint density at radius 1 is 1.00 bits per heavy atom. The van der Waals surface area contributed by atoms with Gasteiger partial charge < -0.3 is 15.4 Å². The third-order valence-corrected chi connectivity index (χ3v) is 6.47. The van der Waals surface area contributed by atoms with Crippen LogP contribution >= 0.6 is 12.4 Å². The fourth-order valence-corrected chi connectivity index (χ4v) is 4.73. The van der Waals surface area contributed by atoms with Crippen molar-refractivity contribution in [3.05, 3.63) is 0 Å². The van der Waals surface area contributed by atoms with Crippen LogP contribution in [0.25, 0.3) is 0 Å². The molecular formula is C14H29ClN4O4S. The Labute approximate surface area is 150 Å². The first-order valence-electron chi connectivity index (χ1n) is 8.25. The summed E-state index contributed by atoms with van der Waals surface area (Å²) in [7, 11) is -1.92. The van der Waals surface area contributed by atoms with E-state index in [2.05, 4.69) is 0 Å². The molecule has 2 saturated heterocycles. The lowest BCUT2D eigenvalue weighted by Crippen LogP contribution is -2.57. The van der Waals surface area contributed by atoms with Crippen LogP contribution in [0.1, 0.15) is 25.7 Å². The number of nitrogens with zero attached hydrogens (tertiary/aromatic N) is 3. The molecule has 1 unspecified atom stereocenters. The van der Waals surface area contributed by atoms with Crippen molar-refractivity contribution in [2.24, 2.45) is 5.73 Å². The monoisotopic (exact) mass is 384 g/mol. The van der Waals surface area contributed by atoms with E-state index in [0.29, 0.717) is 39.3 Å². The molecule has 2 fully saturated rings. The Kier molecular flexibility index (Phi) is 8.89. The van der Waals surface area contributed by atoms with E-state index in [1.807, 2.05) is 0 Å². The minimum atomic E-state index is -3.42. The summed E-state index contributed by atoms with van der Waals surface area (Å²) in [4.78, 5) is 13.8. The van der Waals surface area contributed by atoms with Gasteiger partial charge in [0.25, 0.3) is 10.2 Å². The zero-order chi connectivity index (χ0) is 16.9. The van der Waals surface area contributed by atoms with Gasteiger partial charge in [0.05, 0.1) is 6.61 Å². The number of methoxy groups -OCH3 is 1. The number of amides is 1. The van der Waals surface area contributed by atoms with E-state index < -0.39 is 16.3 Å². The summed E-state index contributed by atoms with van der Waals surface area (Å²) < 4.78 is 33.4. The lowest BCUT2D eigenvalue weighted by Gasteiger charge is -2.37. The summed E-state index contributed by atoms with van der Waals surface area (Å²) in [6.07, 6.45) is 4.02. The molecule has 0 bridgehead atoms. The molecule has 2 heterocycles. The predicted octanol–water partition coefficient (Wildman–Crippen LogP) is -0.353. The van der Waals surface area contributed by atoms with E-state index >= 15 is 0 Å². The Hall–Kier alpha value is -0.450. The zero-order valence-electron chi connectivity index (χ0n) is 14.2. The number of halogens is 1. The molecule has 0 saturated carbocycles. The lowest BCUT2D eigenvalue weighted by molar-refractivity contribution is -0.134. The molecule has 2 N–H and O–H groups in total. The minimum absolute atomic E-state index is 0. The van der Waals surface area contributed by atoms with Gasteiger partial charge in [-0.25, -0.2) is 0 Å². The van der Waals surface area contributed by atoms with Crippen molar-refractivity contribution in [3.8, 4) is 0 Å². The molecule has 0 aromatic carbocycles. The summed E-state index contributed by atoms with van der Waals surface area (Å²) in [5.41, 5.74) is 5.76. The average Bonchev–Trinajstić information content (AvgIpc) is 2.84. The molecule has 1 atom stereocenters. The van der Waals surface area contributed by atoms with Gasteiger partial charge in [-0.2, -0.15) is 17.0 Å². The van der Waals surface area contributed by atoms with Crippen LogP contribution in [0.3, 0.4) is 0 Å². The molecule has 8 nitrogen and oxygen atoms in total. The molecule has 2 rings (SSSR count). The van der Waals surface area contributed by atoms with Gasteiger partial charge in [0, 0.05) is 46.4 Å². The van der Waals surface area contributed by atoms with Gasteiger partial charge >= 0.3 is 0 Å².